The third-order valence-electron chi connectivity index (χ3n) is 4.79. The zero-order chi connectivity index (χ0) is 20.0. The highest BCUT2D eigenvalue weighted by Crippen LogP contribution is 2.36. The predicted molar refractivity (Wildman–Crippen MR) is 103 cm³/mol. The van der Waals surface area contributed by atoms with Crippen molar-refractivity contribution in [3.8, 4) is 23.4 Å². The number of ether oxygens (including phenoxy) is 2. The second-order valence-corrected chi connectivity index (χ2v) is 7.39. The minimum Gasteiger partial charge on any atom is -0.461 e. The van der Waals surface area contributed by atoms with Crippen molar-refractivity contribution in [3.05, 3.63) is 29.4 Å². The van der Waals surface area contributed by atoms with Gasteiger partial charge < -0.3 is 13.9 Å². The molecule has 5 rings (SSSR count). The maximum atomic E-state index is 11.6. The number of aromatic nitrogens is 4. The highest BCUT2D eigenvalue weighted by molar-refractivity contribution is 6.33. The Labute approximate surface area is 171 Å². The Hall–Kier alpha value is -2.89. The van der Waals surface area contributed by atoms with Gasteiger partial charge in [-0.3, -0.25) is 9.36 Å². The molecule has 1 aliphatic heterocycles. The molecule has 2 aliphatic rings. The fourth-order valence-corrected chi connectivity index (χ4v) is 3.54. The number of nitrogens with zero attached hydrogens (tertiary/aromatic N) is 4. The summed E-state index contributed by atoms with van der Waals surface area (Å²) in [5.41, 5.74) is 0.868. The molecule has 0 spiro atoms. The van der Waals surface area contributed by atoms with Crippen LogP contribution in [0.4, 0.5) is 0 Å². The SMILES string of the molecule is CC(=O)O[C@@H]1CCO[C@H]1n1c(-c2ccco2)nc2c(Cl)nc(C#CC3CC3)nc21. The molecule has 29 heavy (non-hydrogen) atoms. The summed E-state index contributed by atoms with van der Waals surface area (Å²) in [4.78, 5) is 25.0. The van der Waals surface area contributed by atoms with Crippen LogP contribution in [-0.2, 0) is 14.3 Å². The third kappa shape index (κ3) is 3.48. The molecular formula is C20H17ClN4O4. The van der Waals surface area contributed by atoms with Crippen LogP contribution in [0, 0.1) is 17.8 Å². The molecule has 8 nitrogen and oxygen atoms in total. The molecule has 3 aromatic rings. The molecule has 0 N–H and O–H groups in total. The van der Waals surface area contributed by atoms with E-state index in [-0.39, 0.29) is 11.1 Å². The van der Waals surface area contributed by atoms with Crippen molar-refractivity contribution in [3.63, 3.8) is 0 Å². The fraction of sp³-hybridized carbons (Fsp3) is 0.400. The highest BCUT2D eigenvalue weighted by Gasteiger charge is 2.37. The number of fused-ring (bicyclic) bond motifs is 1. The lowest BCUT2D eigenvalue weighted by Gasteiger charge is -2.21. The Kier molecular flexibility index (Phi) is 4.49. The summed E-state index contributed by atoms with van der Waals surface area (Å²) in [6.07, 6.45) is 3.23. The molecule has 0 unspecified atom stereocenters. The molecule has 4 heterocycles. The lowest BCUT2D eigenvalue weighted by atomic mass is 10.2. The number of esters is 1. The van der Waals surface area contributed by atoms with Gasteiger partial charge in [0.25, 0.3) is 0 Å². The molecular weight excluding hydrogens is 396 g/mol. The first kappa shape index (κ1) is 18.2. The van der Waals surface area contributed by atoms with E-state index < -0.39 is 12.3 Å². The van der Waals surface area contributed by atoms with Crippen LogP contribution in [0.1, 0.15) is 38.2 Å². The van der Waals surface area contributed by atoms with Gasteiger partial charge in [0.15, 0.2) is 28.6 Å². The summed E-state index contributed by atoms with van der Waals surface area (Å²) < 4.78 is 18.7. The van der Waals surface area contributed by atoms with Crippen LogP contribution in [0.5, 0.6) is 0 Å². The molecule has 2 fully saturated rings. The van der Waals surface area contributed by atoms with Crippen LogP contribution in [0.25, 0.3) is 22.7 Å². The van der Waals surface area contributed by atoms with Gasteiger partial charge in [0, 0.05) is 19.3 Å². The highest BCUT2D eigenvalue weighted by atomic mass is 35.5. The largest absolute Gasteiger partial charge is 0.461 e. The number of carbonyl (C=O) groups excluding carboxylic acids is 1. The zero-order valence-electron chi connectivity index (χ0n) is 15.6. The number of hydrogen-bond donors (Lipinski definition) is 0. The lowest BCUT2D eigenvalue weighted by Crippen LogP contribution is -2.25. The Bertz CT molecular complexity index is 1140. The van der Waals surface area contributed by atoms with Crippen LogP contribution < -0.4 is 0 Å². The first-order chi connectivity index (χ1) is 14.1. The average molecular weight is 413 g/mol. The predicted octanol–water partition coefficient (Wildman–Crippen LogP) is 3.35. The number of furan rings is 1. The molecule has 2 atom stereocenters. The maximum Gasteiger partial charge on any atom is 0.303 e. The smallest absolute Gasteiger partial charge is 0.303 e. The summed E-state index contributed by atoms with van der Waals surface area (Å²) in [6.45, 7) is 1.81. The standard InChI is InChI=1S/C20H17ClN4O4/c1-11(26)29-14-8-10-28-20(14)25-18(13-3-2-9-27-13)24-16-17(21)22-15(23-19(16)25)7-6-12-4-5-12/h2-3,9,12,14,20H,4-5,8,10H2,1H3/t14-,20-/m1/s1. The van der Waals surface area contributed by atoms with E-state index >= 15 is 0 Å². The number of rotatable bonds is 3. The first-order valence-electron chi connectivity index (χ1n) is 9.40. The first-order valence-corrected chi connectivity index (χ1v) is 9.77. The summed E-state index contributed by atoms with van der Waals surface area (Å²) in [5, 5.41) is 0.198. The molecule has 148 valence electrons. The van der Waals surface area contributed by atoms with Gasteiger partial charge >= 0.3 is 5.97 Å². The maximum absolute atomic E-state index is 11.6. The van der Waals surface area contributed by atoms with Crippen molar-refractivity contribution >= 4 is 28.7 Å². The Morgan fingerprint density at radius 2 is 2.17 bits per heavy atom. The van der Waals surface area contributed by atoms with Crippen LogP contribution in [0.2, 0.25) is 5.15 Å². The van der Waals surface area contributed by atoms with E-state index in [4.69, 9.17) is 25.5 Å². The number of hydrogen-bond acceptors (Lipinski definition) is 7. The Balaban J connectivity index is 1.69. The van der Waals surface area contributed by atoms with Gasteiger partial charge in [-0.2, -0.15) is 0 Å². The van der Waals surface area contributed by atoms with Gasteiger partial charge in [-0.05, 0) is 30.9 Å². The van der Waals surface area contributed by atoms with Crippen molar-refractivity contribution in [2.45, 2.75) is 38.5 Å². The molecule has 1 saturated carbocycles. The number of carbonyl (C=O) groups is 1. The van der Waals surface area contributed by atoms with Gasteiger partial charge in [0.05, 0.1) is 12.9 Å². The van der Waals surface area contributed by atoms with Crippen molar-refractivity contribution in [2.75, 3.05) is 6.61 Å². The average Bonchev–Trinajstić information content (AvgIpc) is 3.07. The van der Waals surface area contributed by atoms with E-state index in [1.54, 1.807) is 23.0 Å². The van der Waals surface area contributed by atoms with Crippen molar-refractivity contribution in [1.82, 2.24) is 19.5 Å². The summed E-state index contributed by atoms with van der Waals surface area (Å²) in [6, 6.07) is 3.54. The molecule has 0 amide bonds. The Morgan fingerprint density at radius 3 is 2.90 bits per heavy atom. The molecule has 1 aliphatic carbocycles. The molecule has 0 radical (unpaired) electrons. The minimum absolute atomic E-state index is 0.198. The van der Waals surface area contributed by atoms with Crippen LogP contribution in [0.3, 0.4) is 0 Å². The summed E-state index contributed by atoms with van der Waals surface area (Å²) >= 11 is 6.42. The van der Waals surface area contributed by atoms with Crippen LogP contribution >= 0.6 is 11.6 Å². The van der Waals surface area contributed by atoms with Gasteiger partial charge in [0.2, 0.25) is 5.82 Å². The van der Waals surface area contributed by atoms with E-state index in [0.717, 1.165) is 12.8 Å². The second-order valence-electron chi connectivity index (χ2n) is 7.03. The van der Waals surface area contributed by atoms with Gasteiger partial charge in [-0.25, -0.2) is 15.0 Å². The van der Waals surface area contributed by atoms with E-state index in [0.29, 0.717) is 47.5 Å². The topological polar surface area (TPSA) is 92.3 Å². The number of imidazole rings is 1. The molecule has 0 aromatic carbocycles. The van der Waals surface area contributed by atoms with Gasteiger partial charge in [-0.15, -0.1) is 0 Å². The normalized spacial score (nSPS) is 21.2. The monoisotopic (exact) mass is 412 g/mol. The fourth-order valence-electron chi connectivity index (χ4n) is 3.34. The van der Waals surface area contributed by atoms with Crippen molar-refractivity contribution in [2.24, 2.45) is 5.92 Å². The summed E-state index contributed by atoms with van der Waals surface area (Å²) in [5.74, 6) is 7.48. The third-order valence-corrected chi connectivity index (χ3v) is 5.05. The Morgan fingerprint density at radius 1 is 1.31 bits per heavy atom. The molecule has 3 aromatic heterocycles. The second kappa shape index (κ2) is 7.17. The van der Waals surface area contributed by atoms with E-state index in [1.165, 1.54) is 6.92 Å². The molecule has 9 heteroatoms. The number of halogens is 1. The van der Waals surface area contributed by atoms with E-state index in [2.05, 4.69) is 26.8 Å². The molecule has 0 bridgehead atoms. The van der Waals surface area contributed by atoms with Crippen molar-refractivity contribution in [1.29, 1.82) is 0 Å². The lowest BCUT2D eigenvalue weighted by molar-refractivity contribution is -0.151. The van der Waals surface area contributed by atoms with Gasteiger partial charge in [0.1, 0.15) is 11.6 Å². The summed E-state index contributed by atoms with van der Waals surface area (Å²) in [7, 11) is 0. The quantitative estimate of drug-likeness (QED) is 0.370. The van der Waals surface area contributed by atoms with Crippen molar-refractivity contribution < 1.29 is 18.7 Å². The van der Waals surface area contributed by atoms with Gasteiger partial charge in [-0.1, -0.05) is 17.5 Å². The zero-order valence-corrected chi connectivity index (χ0v) is 16.3. The van der Waals surface area contributed by atoms with E-state index in [1.807, 2.05) is 0 Å². The van der Waals surface area contributed by atoms with Crippen LogP contribution in [0.15, 0.2) is 22.8 Å². The molecule has 1 saturated heterocycles. The van der Waals surface area contributed by atoms with E-state index in [9.17, 15) is 4.79 Å². The van der Waals surface area contributed by atoms with Crippen LogP contribution in [-0.4, -0.2) is 38.2 Å². The minimum atomic E-state index is -0.612.